The van der Waals surface area contributed by atoms with Gasteiger partial charge >= 0.3 is 0 Å². The second-order valence-corrected chi connectivity index (χ2v) is 4.44. The molecule has 2 rings (SSSR count). The van der Waals surface area contributed by atoms with Crippen LogP contribution < -0.4 is 15.8 Å². The molecule has 0 radical (unpaired) electrons. The van der Waals surface area contributed by atoms with Crippen molar-refractivity contribution in [2.75, 3.05) is 37.8 Å². The Hall–Kier alpha value is -2.05. The Kier molecular flexibility index (Phi) is 4.38. The van der Waals surface area contributed by atoms with E-state index in [9.17, 15) is 4.79 Å². The first-order chi connectivity index (χ1) is 9.22. The maximum Gasteiger partial charge on any atom is 0.242 e. The molecule has 0 saturated carbocycles. The van der Waals surface area contributed by atoms with Gasteiger partial charge < -0.3 is 20.7 Å². The number of piperidine rings is 1. The predicted octanol–water partition coefficient (Wildman–Crippen LogP) is 0.492. The highest BCUT2D eigenvalue weighted by Crippen LogP contribution is 2.23. The van der Waals surface area contributed by atoms with Gasteiger partial charge in [-0.25, -0.2) is 4.98 Å². The number of amides is 1. The second kappa shape index (κ2) is 6.21. The SMILES string of the molecule is COc1ncnc(NCC(=O)N2CCCCC2)c1N. The van der Waals surface area contributed by atoms with Crippen LogP contribution in [0.3, 0.4) is 0 Å². The summed E-state index contributed by atoms with van der Waals surface area (Å²) in [6.45, 7) is 1.86. The topological polar surface area (TPSA) is 93.4 Å². The molecule has 104 valence electrons. The summed E-state index contributed by atoms with van der Waals surface area (Å²) >= 11 is 0. The highest BCUT2D eigenvalue weighted by molar-refractivity contribution is 5.82. The number of likely N-dealkylation sites (tertiary alicyclic amines) is 1. The van der Waals surface area contributed by atoms with Gasteiger partial charge in [-0.2, -0.15) is 4.98 Å². The summed E-state index contributed by atoms with van der Waals surface area (Å²) in [5, 5.41) is 2.94. The van der Waals surface area contributed by atoms with E-state index in [-0.39, 0.29) is 12.5 Å². The number of aromatic nitrogens is 2. The molecule has 1 amide bonds. The molecule has 1 aliphatic rings. The predicted molar refractivity (Wildman–Crippen MR) is 71.9 cm³/mol. The summed E-state index contributed by atoms with van der Waals surface area (Å²) in [6, 6.07) is 0. The number of anilines is 2. The van der Waals surface area contributed by atoms with Gasteiger partial charge in [0.1, 0.15) is 12.0 Å². The molecule has 0 aliphatic carbocycles. The van der Waals surface area contributed by atoms with Gasteiger partial charge in [-0.3, -0.25) is 4.79 Å². The van der Waals surface area contributed by atoms with Crippen LogP contribution in [0.2, 0.25) is 0 Å². The van der Waals surface area contributed by atoms with Gasteiger partial charge in [0.25, 0.3) is 0 Å². The number of nitrogen functional groups attached to an aromatic ring is 1. The van der Waals surface area contributed by atoms with E-state index in [0.717, 1.165) is 25.9 Å². The standard InChI is InChI=1S/C12H19N5O2/c1-19-12-10(13)11(15-8-16-12)14-7-9(18)17-5-3-2-4-6-17/h8H,2-7,13H2,1H3,(H,14,15,16). The van der Waals surface area contributed by atoms with Crippen molar-refractivity contribution in [1.29, 1.82) is 0 Å². The minimum atomic E-state index is 0.0664. The fourth-order valence-electron chi connectivity index (χ4n) is 2.10. The number of carbonyl (C=O) groups is 1. The third kappa shape index (κ3) is 3.24. The van der Waals surface area contributed by atoms with Crippen molar-refractivity contribution in [3.63, 3.8) is 0 Å². The zero-order chi connectivity index (χ0) is 13.7. The van der Waals surface area contributed by atoms with Crippen molar-refractivity contribution in [3.8, 4) is 5.88 Å². The number of hydrogen-bond acceptors (Lipinski definition) is 6. The Morgan fingerprint density at radius 3 is 2.84 bits per heavy atom. The number of ether oxygens (including phenoxy) is 1. The molecule has 1 fully saturated rings. The van der Waals surface area contributed by atoms with Crippen molar-refractivity contribution in [3.05, 3.63) is 6.33 Å². The Morgan fingerprint density at radius 2 is 2.16 bits per heavy atom. The van der Waals surface area contributed by atoms with Gasteiger partial charge in [-0.1, -0.05) is 0 Å². The van der Waals surface area contributed by atoms with Crippen LogP contribution in [0.4, 0.5) is 11.5 Å². The molecule has 2 heterocycles. The first-order valence-electron chi connectivity index (χ1n) is 6.38. The van der Waals surface area contributed by atoms with Crippen molar-refractivity contribution >= 4 is 17.4 Å². The third-order valence-corrected chi connectivity index (χ3v) is 3.16. The molecule has 3 N–H and O–H groups in total. The molecule has 0 unspecified atom stereocenters. The van der Waals surface area contributed by atoms with Gasteiger partial charge in [0.15, 0.2) is 5.82 Å². The second-order valence-electron chi connectivity index (χ2n) is 4.44. The monoisotopic (exact) mass is 265 g/mol. The molecule has 1 saturated heterocycles. The van der Waals surface area contributed by atoms with Gasteiger partial charge in [-0.05, 0) is 19.3 Å². The maximum absolute atomic E-state index is 12.0. The Labute approximate surface area is 112 Å². The fourth-order valence-corrected chi connectivity index (χ4v) is 2.10. The molecule has 0 aromatic carbocycles. The molecule has 1 aromatic heterocycles. The molecular weight excluding hydrogens is 246 g/mol. The van der Waals surface area contributed by atoms with Crippen LogP contribution in [0, 0.1) is 0 Å². The van der Waals surface area contributed by atoms with Crippen molar-refractivity contribution in [2.45, 2.75) is 19.3 Å². The van der Waals surface area contributed by atoms with Gasteiger partial charge in [0, 0.05) is 13.1 Å². The maximum atomic E-state index is 12.0. The number of nitrogens with zero attached hydrogens (tertiary/aromatic N) is 3. The molecule has 1 aliphatic heterocycles. The molecule has 0 atom stereocenters. The molecule has 1 aromatic rings. The number of nitrogens with one attached hydrogen (secondary N) is 1. The molecule has 0 bridgehead atoms. The van der Waals surface area contributed by atoms with Crippen LogP contribution in [-0.4, -0.2) is 47.5 Å². The average Bonchev–Trinajstić information content (AvgIpc) is 2.47. The summed E-state index contributed by atoms with van der Waals surface area (Å²) in [6.07, 6.45) is 4.71. The van der Waals surface area contributed by atoms with Crippen molar-refractivity contribution in [1.82, 2.24) is 14.9 Å². The van der Waals surface area contributed by atoms with E-state index in [2.05, 4.69) is 15.3 Å². The lowest BCUT2D eigenvalue weighted by Gasteiger charge is -2.26. The molecule has 7 heteroatoms. The van der Waals surface area contributed by atoms with Crippen LogP contribution in [0.1, 0.15) is 19.3 Å². The van der Waals surface area contributed by atoms with E-state index in [1.54, 1.807) is 0 Å². The van der Waals surface area contributed by atoms with E-state index in [4.69, 9.17) is 10.5 Å². The normalized spacial score (nSPS) is 15.1. The van der Waals surface area contributed by atoms with Crippen LogP contribution in [0.25, 0.3) is 0 Å². The van der Waals surface area contributed by atoms with E-state index in [1.807, 2.05) is 4.90 Å². The third-order valence-electron chi connectivity index (χ3n) is 3.16. The van der Waals surface area contributed by atoms with E-state index < -0.39 is 0 Å². The minimum absolute atomic E-state index is 0.0664. The Balaban J connectivity index is 1.93. The van der Waals surface area contributed by atoms with E-state index in [1.165, 1.54) is 19.9 Å². The van der Waals surface area contributed by atoms with Gasteiger partial charge in [0.2, 0.25) is 11.8 Å². The summed E-state index contributed by atoms with van der Waals surface area (Å²) in [5.74, 6) is 0.803. The zero-order valence-corrected chi connectivity index (χ0v) is 11.1. The molecular formula is C12H19N5O2. The number of methoxy groups -OCH3 is 1. The quantitative estimate of drug-likeness (QED) is 0.823. The summed E-state index contributed by atoms with van der Waals surface area (Å²) in [7, 11) is 1.49. The lowest BCUT2D eigenvalue weighted by molar-refractivity contribution is -0.130. The lowest BCUT2D eigenvalue weighted by atomic mass is 10.1. The Morgan fingerprint density at radius 1 is 1.42 bits per heavy atom. The number of carbonyl (C=O) groups excluding carboxylic acids is 1. The zero-order valence-electron chi connectivity index (χ0n) is 11.1. The van der Waals surface area contributed by atoms with Crippen molar-refractivity contribution in [2.24, 2.45) is 0 Å². The lowest BCUT2D eigenvalue weighted by Crippen LogP contribution is -2.39. The van der Waals surface area contributed by atoms with E-state index >= 15 is 0 Å². The molecule has 7 nitrogen and oxygen atoms in total. The highest BCUT2D eigenvalue weighted by Gasteiger charge is 2.17. The molecule has 19 heavy (non-hydrogen) atoms. The largest absolute Gasteiger partial charge is 0.479 e. The highest BCUT2D eigenvalue weighted by atomic mass is 16.5. The van der Waals surface area contributed by atoms with E-state index in [0.29, 0.717) is 17.4 Å². The Bertz CT molecular complexity index is 446. The average molecular weight is 265 g/mol. The van der Waals surface area contributed by atoms with Crippen LogP contribution >= 0.6 is 0 Å². The first kappa shape index (κ1) is 13.4. The van der Waals surface area contributed by atoms with Crippen molar-refractivity contribution < 1.29 is 9.53 Å². The number of nitrogens with two attached hydrogens (primary N) is 1. The molecule has 0 spiro atoms. The van der Waals surface area contributed by atoms with Crippen LogP contribution in [0.5, 0.6) is 5.88 Å². The van der Waals surface area contributed by atoms with Gasteiger partial charge in [0.05, 0.1) is 13.7 Å². The van der Waals surface area contributed by atoms with Crippen LogP contribution in [0.15, 0.2) is 6.33 Å². The fraction of sp³-hybridized carbons (Fsp3) is 0.583. The summed E-state index contributed by atoms with van der Waals surface area (Å²) < 4.78 is 5.00. The van der Waals surface area contributed by atoms with Crippen LogP contribution in [-0.2, 0) is 4.79 Å². The first-order valence-corrected chi connectivity index (χ1v) is 6.38. The summed E-state index contributed by atoms with van der Waals surface area (Å²) in [5.41, 5.74) is 6.14. The summed E-state index contributed by atoms with van der Waals surface area (Å²) in [4.78, 5) is 21.7. The number of rotatable bonds is 4. The van der Waals surface area contributed by atoms with Gasteiger partial charge in [-0.15, -0.1) is 0 Å². The number of hydrogen-bond donors (Lipinski definition) is 2. The smallest absolute Gasteiger partial charge is 0.242 e. The minimum Gasteiger partial charge on any atom is -0.479 e.